The average Bonchev–Trinajstić information content (AvgIpc) is 2.08. The van der Waals surface area contributed by atoms with Crippen LogP contribution in [0.5, 0.6) is 0 Å². The van der Waals surface area contributed by atoms with Crippen LogP contribution in [0.3, 0.4) is 0 Å². The summed E-state index contributed by atoms with van der Waals surface area (Å²) < 4.78 is 0. The molecule has 0 saturated carbocycles. The number of ketones is 1. The molecule has 1 aromatic heterocycles. The lowest BCUT2D eigenvalue weighted by atomic mass is 10.0. The first-order valence-corrected chi connectivity index (χ1v) is 4.35. The van der Waals surface area contributed by atoms with Crippen LogP contribution in [0.4, 0.5) is 5.69 Å². The van der Waals surface area contributed by atoms with Crippen molar-refractivity contribution in [1.82, 2.24) is 4.98 Å². The second-order valence-corrected chi connectivity index (χ2v) is 3.50. The summed E-state index contributed by atoms with van der Waals surface area (Å²) >= 11 is 5.65. The monoisotopic (exact) mass is 198 g/mol. The normalized spacial score (nSPS) is 10.5. The Kier molecular flexibility index (Phi) is 2.88. The smallest absolute Gasteiger partial charge is 0.167 e. The minimum absolute atomic E-state index is 0.0122. The van der Waals surface area contributed by atoms with Gasteiger partial charge in [0.15, 0.2) is 5.78 Å². The molecular formula is C9H11ClN2O. The number of carbonyl (C=O) groups excluding carboxylic acids is 1. The summed E-state index contributed by atoms with van der Waals surface area (Å²) in [5.74, 6) is -0.0948. The number of hydrogen-bond acceptors (Lipinski definition) is 3. The Labute approximate surface area is 81.9 Å². The maximum atomic E-state index is 11.6. The van der Waals surface area contributed by atoms with Crippen molar-refractivity contribution in [2.75, 3.05) is 5.73 Å². The Bertz CT molecular complexity index is 336. The van der Waals surface area contributed by atoms with Crippen LogP contribution >= 0.6 is 11.6 Å². The van der Waals surface area contributed by atoms with E-state index in [1.807, 2.05) is 13.8 Å². The first-order chi connectivity index (χ1) is 6.02. The van der Waals surface area contributed by atoms with E-state index >= 15 is 0 Å². The van der Waals surface area contributed by atoms with E-state index in [9.17, 15) is 4.79 Å². The SMILES string of the molecule is CC(C)C(=O)c1cc(Cl)ncc1N. The van der Waals surface area contributed by atoms with E-state index < -0.39 is 0 Å². The van der Waals surface area contributed by atoms with E-state index in [1.165, 1.54) is 12.3 Å². The summed E-state index contributed by atoms with van der Waals surface area (Å²) in [4.78, 5) is 15.3. The molecule has 1 heterocycles. The predicted octanol–water partition coefficient (Wildman–Crippen LogP) is 2.16. The summed E-state index contributed by atoms with van der Waals surface area (Å²) in [5, 5.41) is 0.290. The molecule has 0 aromatic carbocycles. The van der Waals surface area contributed by atoms with Crippen molar-refractivity contribution in [3.05, 3.63) is 23.0 Å². The van der Waals surface area contributed by atoms with Gasteiger partial charge in [0.05, 0.1) is 11.9 Å². The van der Waals surface area contributed by atoms with Crippen molar-refractivity contribution >= 4 is 23.1 Å². The number of hydrogen-bond donors (Lipinski definition) is 1. The molecule has 0 aliphatic carbocycles. The maximum Gasteiger partial charge on any atom is 0.167 e. The lowest BCUT2D eigenvalue weighted by molar-refractivity contribution is 0.0940. The number of nitrogen functional groups attached to an aromatic ring is 1. The van der Waals surface area contributed by atoms with E-state index in [1.54, 1.807) is 0 Å². The van der Waals surface area contributed by atoms with E-state index in [2.05, 4.69) is 4.98 Å². The molecule has 2 N–H and O–H groups in total. The zero-order chi connectivity index (χ0) is 10.0. The minimum Gasteiger partial charge on any atom is -0.397 e. The van der Waals surface area contributed by atoms with Gasteiger partial charge in [-0.3, -0.25) is 4.79 Å². The van der Waals surface area contributed by atoms with Crippen molar-refractivity contribution in [1.29, 1.82) is 0 Å². The molecule has 1 rings (SSSR count). The van der Waals surface area contributed by atoms with Crippen LogP contribution in [0.15, 0.2) is 12.3 Å². The third kappa shape index (κ3) is 2.18. The molecule has 0 aliphatic heterocycles. The maximum absolute atomic E-state index is 11.6. The number of aromatic nitrogens is 1. The van der Waals surface area contributed by atoms with Crippen LogP contribution in [-0.2, 0) is 0 Å². The highest BCUT2D eigenvalue weighted by atomic mass is 35.5. The zero-order valence-corrected chi connectivity index (χ0v) is 8.30. The molecule has 3 nitrogen and oxygen atoms in total. The van der Waals surface area contributed by atoms with E-state index in [0.717, 1.165) is 0 Å². The quantitative estimate of drug-likeness (QED) is 0.585. The molecular weight excluding hydrogens is 188 g/mol. The number of Topliss-reactive ketones (excluding diaryl/α,β-unsaturated/α-hetero) is 1. The lowest BCUT2D eigenvalue weighted by Crippen LogP contribution is -2.10. The Balaban J connectivity index is 3.13. The van der Waals surface area contributed by atoms with Gasteiger partial charge in [-0.25, -0.2) is 4.98 Å². The van der Waals surface area contributed by atoms with Gasteiger partial charge in [0, 0.05) is 11.5 Å². The van der Waals surface area contributed by atoms with Gasteiger partial charge >= 0.3 is 0 Å². The Morgan fingerprint density at radius 2 is 2.23 bits per heavy atom. The molecule has 0 unspecified atom stereocenters. The van der Waals surface area contributed by atoms with Gasteiger partial charge in [-0.05, 0) is 6.07 Å². The predicted molar refractivity (Wildman–Crippen MR) is 52.8 cm³/mol. The first kappa shape index (κ1) is 9.99. The highest BCUT2D eigenvalue weighted by Gasteiger charge is 2.14. The zero-order valence-electron chi connectivity index (χ0n) is 7.54. The van der Waals surface area contributed by atoms with Crippen molar-refractivity contribution in [3.8, 4) is 0 Å². The van der Waals surface area contributed by atoms with Crippen molar-refractivity contribution in [2.45, 2.75) is 13.8 Å². The van der Waals surface area contributed by atoms with Crippen LogP contribution in [0.1, 0.15) is 24.2 Å². The van der Waals surface area contributed by atoms with E-state index in [-0.39, 0.29) is 11.7 Å². The Morgan fingerprint density at radius 1 is 1.62 bits per heavy atom. The molecule has 0 fully saturated rings. The molecule has 0 spiro atoms. The van der Waals surface area contributed by atoms with Gasteiger partial charge in [0.1, 0.15) is 5.15 Å². The number of nitrogens with zero attached hydrogens (tertiary/aromatic N) is 1. The van der Waals surface area contributed by atoms with Crippen LogP contribution < -0.4 is 5.73 Å². The molecule has 13 heavy (non-hydrogen) atoms. The van der Waals surface area contributed by atoms with Crippen molar-refractivity contribution in [2.24, 2.45) is 5.92 Å². The molecule has 0 atom stereocenters. The lowest BCUT2D eigenvalue weighted by Gasteiger charge is -2.06. The second-order valence-electron chi connectivity index (χ2n) is 3.11. The molecule has 0 radical (unpaired) electrons. The fourth-order valence-corrected chi connectivity index (χ4v) is 1.12. The number of anilines is 1. The van der Waals surface area contributed by atoms with Gasteiger partial charge < -0.3 is 5.73 Å². The van der Waals surface area contributed by atoms with Gasteiger partial charge in [-0.15, -0.1) is 0 Å². The van der Waals surface area contributed by atoms with Gasteiger partial charge in [-0.1, -0.05) is 25.4 Å². The Hall–Kier alpha value is -1.09. The van der Waals surface area contributed by atoms with E-state index in [0.29, 0.717) is 16.4 Å². The fraction of sp³-hybridized carbons (Fsp3) is 0.333. The van der Waals surface area contributed by atoms with Crippen LogP contribution in [-0.4, -0.2) is 10.8 Å². The highest BCUT2D eigenvalue weighted by molar-refractivity contribution is 6.30. The van der Waals surface area contributed by atoms with Crippen molar-refractivity contribution < 1.29 is 4.79 Å². The summed E-state index contributed by atoms with van der Waals surface area (Å²) in [6.45, 7) is 3.63. The topological polar surface area (TPSA) is 56.0 Å². The largest absolute Gasteiger partial charge is 0.397 e. The van der Waals surface area contributed by atoms with E-state index in [4.69, 9.17) is 17.3 Å². The molecule has 0 aliphatic rings. The van der Waals surface area contributed by atoms with Crippen LogP contribution in [0, 0.1) is 5.92 Å². The molecule has 1 aromatic rings. The number of pyridine rings is 1. The minimum atomic E-state index is -0.0826. The molecule has 0 amide bonds. The molecule has 0 saturated heterocycles. The third-order valence-corrected chi connectivity index (χ3v) is 1.90. The van der Waals surface area contributed by atoms with Gasteiger partial charge in [-0.2, -0.15) is 0 Å². The summed E-state index contributed by atoms with van der Waals surface area (Å²) in [5.41, 5.74) is 6.42. The number of nitrogens with two attached hydrogens (primary N) is 1. The number of halogens is 1. The molecule has 0 bridgehead atoms. The molecule has 70 valence electrons. The summed E-state index contributed by atoms with van der Waals surface area (Å²) in [6, 6.07) is 1.50. The van der Waals surface area contributed by atoms with Crippen LogP contribution in [0.2, 0.25) is 5.15 Å². The van der Waals surface area contributed by atoms with Crippen LogP contribution in [0.25, 0.3) is 0 Å². The number of rotatable bonds is 2. The van der Waals surface area contributed by atoms with Gasteiger partial charge in [0.25, 0.3) is 0 Å². The standard InChI is InChI=1S/C9H11ClN2O/c1-5(2)9(13)6-3-8(10)12-4-7(6)11/h3-5H,11H2,1-2H3. The fourth-order valence-electron chi connectivity index (χ4n) is 0.965. The first-order valence-electron chi connectivity index (χ1n) is 3.97. The van der Waals surface area contributed by atoms with Crippen molar-refractivity contribution in [3.63, 3.8) is 0 Å². The third-order valence-electron chi connectivity index (χ3n) is 1.69. The Morgan fingerprint density at radius 3 is 2.77 bits per heavy atom. The second kappa shape index (κ2) is 3.75. The summed E-state index contributed by atoms with van der Waals surface area (Å²) in [6.07, 6.45) is 1.40. The number of carbonyl (C=O) groups is 1. The molecule has 4 heteroatoms. The highest BCUT2D eigenvalue weighted by Crippen LogP contribution is 2.18. The average molecular weight is 199 g/mol. The summed E-state index contributed by atoms with van der Waals surface area (Å²) in [7, 11) is 0. The van der Waals surface area contributed by atoms with Gasteiger partial charge in [0.2, 0.25) is 0 Å².